The molecule has 0 spiro atoms. The molecule has 118 valence electrons. The summed E-state index contributed by atoms with van der Waals surface area (Å²) in [6, 6.07) is 5.24. The van der Waals surface area contributed by atoms with Gasteiger partial charge in [-0.25, -0.2) is 0 Å². The summed E-state index contributed by atoms with van der Waals surface area (Å²) in [4.78, 5) is 12.7. The number of ether oxygens (including phenoxy) is 2. The molecular formula is C16H21N3O3. The van der Waals surface area contributed by atoms with E-state index in [9.17, 15) is 4.79 Å². The molecule has 0 radical (unpaired) electrons. The van der Waals surface area contributed by atoms with Crippen LogP contribution in [0, 0.1) is 6.92 Å². The third-order valence-electron chi connectivity index (χ3n) is 3.59. The molecule has 0 aliphatic rings. The van der Waals surface area contributed by atoms with Crippen LogP contribution in [-0.4, -0.2) is 29.9 Å². The maximum absolute atomic E-state index is 12.7. The highest BCUT2D eigenvalue weighted by molar-refractivity contribution is 6.08. The third kappa shape index (κ3) is 2.77. The fraction of sp³-hybridized carbons (Fsp3) is 0.375. The lowest BCUT2D eigenvalue weighted by Gasteiger charge is -2.13. The van der Waals surface area contributed by atoms with Crippen molar-refractivity contribution in [1.82, 2.24) is 9.78 Å². The standard InChI is InChI=1S/C16H21N3O3/c1-6-11-10(2)18-19(3)15(11)17-16(20)14-12(21-4)8-7-9-13(14)22-5/h7-9H,6H2,1-5H3,(H,17,20). The normalized spacial score (nSPS) is 10.4. The number of hydrogen-bond acceptors (Lipinski definition) is 4. The quantitative estimate of drug-likeness (QED) is 0.922. The highest BCUT2D eigenvalue weighted by Gasteiger charge is 2.21. The molecule has 0 aliphatic carbocycles. The van der Waals surface area contributed by atoms with Gasteiger partial charge in [0.1, 0.15) is 22.9 Å². The SMILES string of the molecule is CCc1c(C)nn(C)c1NC(=O)c1c(OC)cccc1OC. The average molecular weight is 303 g/mol. The monoisotopic (exact) mass is 303 g/mol. The van der Waals surface area contributed by atoms with Crippen molar-refractivity contribution in [2.24, 2.45) is 7.05 Å². The minimum atomic E-state index is -0.285. The van der Waals surface area contributed by atoms with E-state index in [-0.39, 0.29) is 5.91 Å². The summed E-state index contributed by atoms with van der Waals surface area (Å²) in [5.74, 6) is 1.34. The summed E-state index contributed by atoms with van der Waals surface area (Å²) in [5, 5.41) is 7.27. The summed E-state index contributed by atoms with van der Waals surface area (Å²) in [6.07, 6.45) is 0.790. The first-order chi connectivity index (χ1) is 10.5. The number of carbonyl (C=O) groups excluding carboxylic acids is 1. The van der Waals surface area contributed by atoms with Crippen LogP contribution < -0.4 is 14.8 Å². The van der Waals surface area contributed by atoms with Gasteiger partial charge < -0.3 is 14.8 Å². The molecule has 1 heterocycles. The van der Waals surface area contributed by atoms with E-state index in [4.69, 9.17) is 9.47 Å². The van der Waals surface area contributed by atoms with Crippen molar-refractivity contribution in [2.45, 2.75) is 20.3 Å². The lowest BCUT2D eigenvalue weighted by Crippen LogP contribution is -2.17. The number of nitrogens with one attached hydrogen (secondary N) is 1. The van der Waals surface area contributed by atoms with E-state index in [1.54, 1.807) is 29.9 Å². The van der Waals surface area contributed by atoms with Crippen molar-refractivity contribution in [3.63, 3.8) is 0 Å². The zero-order valence-electron chi connectivity index (χ0n) is 13.6. The van der Waals surface area contributed by atoms with Gasteiger partial charge in [-0.15, -0.1) is 0 Å². The number of nitrogens with zero attached hydrogens (tertiary/aromatic N) is 2. The van der Waals surface area contributed by atoms with E-state index in [1.807, 2.05) is 13.8 Å². The molecule has 1 aromatic heterocycles. The average Bonchev–Trinajstić information content (AvgIpc) is 2.79. The topological polar surface area (TPSA) is 65.4 Å². The third-order valence-corrected chi connectivity index (χ3v) is 3.59. The molecule has 2 aromatic rings. The van der Waals surface area contributed by atoms with Crippen LogP contribution in [0.25, 0.3) is 0 Å². The Labute approximate surface area is 130 Å². The van der Waals surface area contributed by atoms with E-state index < -0.39 is 0 Å². The molecule has 0 aliphatic heterocycles. The highest BCUT2D eigenvalue weighted by atomic mass is 16.5. The summed E-state index contributed by atoms with van der Waals surface area (Å²) in [5.41, 5.74) is 2.30. The van der Waals surface area contributed by atoms with Gasteiger partial charge in [0.05, 0.1) is 19.9 Å². The number of amides is 1. The van der Waals surface area contributed by atoms with Gasteiger partial charge in [0.2, 0.25) is 0 Å². The molecule has 2 rings (SSSR count). The largest absolute Gasteiger partial charge is 0.496 e. The van der Waals surface area contributed by atoms with Gasteiger partial charge in [-0.2, -0.15) is 5.10 Å². The van der Waals surface area contributed by atoms with E-state index in [1.165, 1.54) is 14.2 Å². The predicted molar refractivity (Wildman–Crippen MR) is 84.8 cm³/mol. The number of anilines is 1. The molecule has 0 atom stereocenters. The second-order valence-electron chi connectivity index (χ2n) is 4.88. The van der Waals surface area contributed by atoms with Gasteiger partial charge in [0.25, 0.3) is 5.91 Å². The number of carbonyl (C=O) groups is 1. The Morgan fingerprint density at radius 3 is 2.36 bits per heavy atom. The Hall–Kier alpha value is -2.50. The molecule has 1 amide bonds. The predicted octanol–water partition coefficient (Wildman–Crippen LogP) is 2.56. The van der Waals surface area contributed by atoms with E-state index in [0.717, 1.165) is 17.7 Å². The zero-order chi connectivity index (χ0) is 16.3. The van der Waals surface area contributed by atoms with Crippen molar-refractivity contribution in [3.8, 4) is 11.5 Å². The molecule has 22 heavy (non-hydrogen) atoms. The number of benzene rings is 1. The summed E-state index contributed by atoms with van der Waals surface area (Å²) < 4.78 is 12.2. The summed E-state index contributed by atoms with van der Waals surface area (Å²) in [6.45, 7) is 3.96. The Bertz CT molecular complexity index is 670. The molecule has 1 aromatic carbocycles. The van der Waals surface area contributed by atoms with Crippen LogP contribution in [0.4, 0.5) is 5.82 Å². The zero-order valence-corrected chi connectivity index (χ0v) is 13.6. The Kier molecular flexibility index (Phi) is 4.70. The van der Waals surface area contributed by atoms with Gasteiger partial charge in [0.15, 0.2) is 0 Å². The molecule has 0 unspecified atom stereocenters. The molecular weight excluding hydrogens is 282 g/mol. The fourth-order valence-electron chi connectivity index (χ4n) is 2.53. The van der Waals surface area contributed by atoms with Crippen molar-refractivity contribution in [1.29, 1.82) is 0 Å². The minimum Gasteiger partial charge on any atom is -0.496 e. The van der Waals surface area contributed by atoms with Crippen LogP contribution in [0.1, 0.15) is 28.5 Å². The first-order valence-electron chi connectivity index (χ1n) is 7.08. The molecule has 1 N–H and O–H groups in total. The van der Waals surface area contributed by atoms with Crippen LogP contribution in [0.3, 0.4) is 0 Å². The number of methoxy groups -OCH3 is 2. The lowest BCUT2D eigenvalue weighted by atomic mass is 10.1. The van der Waals surface area contributed by atoms with Gasteiger partial charge in [-0.05, 0) is 25.5 Å². The molecule has 0 saturated carbocycles. The summed E-state index contributed by atoms with van der Waals surface area (Å²) >= 11 is 0. The van der Waals surface area contributed by atoms with Crippen LogP contribution in [0.2, 0.25) is 0 Å². The maximum Gasteiger partial charge on any atom is 0.264 e. The van der Waals surface area contributed by atoms with Gasteiger partial charge >= 0.3 is 0 Å². The first kappa shape index (κ1) is 15.9. The van der Waals surface area contributed by atoms with E-state index in [0.29, 0.717) is 22.9 Å². The van der Waals surface area contributed by atoms with Crippen LogP contribution >= 0.6 is 0 Å². The number of rotatable bonds is 5. The Morgan fingerprint density at radius 2 is 1.86 bits per heavy atom. The molecule has 0 fully saturated rings. The fourth-order valence-corrected chi connectivity index (χ4v) is 2.53. The molecule has 6 heteroatoms. The molecule has 0 bridgehead atoms. The smallest absolute Gasteiger partial charge is 0.264 e. The van der Waals surface area contributed by atoms with Crippen LogP contribution in [0.5, 0.6) is 11.5 Å². The van der Waals surface area contributed by atoms with Crippen LogP contribution in [0.15, 0.2) is 18.2 Å². The second-order valence-corrected chi connectivity index (χ2v) is 4.88. The van der Waals surface area contributed by atoms with Crippen molar-refractivity contribution >= 4 is 11.7 Å². The van der Waals surface area contributed by atoms with Crippen molar-refractivity contribution in [2.75, 3.05) is 19.5 Å². The Morgan fingerprint density at radius 1 is 1.27 bits per heavy atom. The van der Waals surface area contributed by atoms with Gasteiger partial charge in [0, 0.05) is 12.6 Å². The highest BCUT2D eigenvalue weighted by Crippen LogP contribution is 2.29. The van der Waals surface area contributed by atoms with E-state index in [2.05, 4.69) is 10.4 Å². The minimum absolute atomic E-state index is 0.285. The van der Waals surface area contributed by atoms with Gasteiger partial charge in [-0.3, -0.25) is 9.48 Å². The number of aromatic nitrogens is 2. The maximum atomic E-state index is 12.7. The first-order valence-corrected chi connectivity index (χ1v) is 7.08. The van der Waals surface area contributed by atoms with E-state index >= 15 is 0 Å². The van der Waals surface area contributed by atoms with Crippen LogP contribution in [-0.2, 0) is 13.5 Å². The number of aryl methyl sites for hydroxylation is 2. The van der Waals surface area contributed by atoms with Crippen molar-refractivity contribution in [3.05, 3.63) is 35.0 Å². The summed E-state index contributed by atoms with van der Waals surface area (Å²) in [7, 11) is 4.86. The molecule has 0 saturated heterocycles. The lowest BCUT2D eigenvalue weighted by molar-refractivity contribution is 0.102. The van der Waals surface area contributed by atoms with Gasteiger partial charge in [-0.1, -0.05) is 13.0 Å². The Balaban J connectivity index is 2.42. The second kappa shape index (κ2) is 6.51. The van der Waals surface area contributed by atoms with Crippen molar-refractivity contribution < 1.29 is 14.3 Å². The number of hydrogen-bond donors (Lipinski definition) is 1. The molecule has 6 nitrogen and oxygen atoms in total.